The number of carbonyl (C=O) groups excluding carboxylic acids is 3. The van der Waals surface area contributed by atoms with E-state index in [1.807, 2.05) is 142 Å². The molecule has 0 saturated heterocycles. The van der Waals surface area contributed by atoms with E-state index < -0.39 is 69.7 Å². The predicted octanol–water partition coefficient (Wildman–Crippen LogP) is 10.2. The third-order valence-electron chi connectivity index (χ3n) is 18.1. The van der Waals surface area contributed by atoms with Crippen molar-refractivity contribution < 1.29 is 56.7 Å². The van der Waals surface area contributed by atoms with Crippen molar-refractivity contribution in [1.82, 2.24) is 28.7 Å². The van der Waals surface area contributed by atoms with Crippen LogP contribution in [0.2, 0.25) is 0 Å². The molecule has 103 heavy (non-hydrogen) atoms. The van der Waals surface area contributed by atoms with Gasteiger partial charge in [-0.1, -0.05) is 140 Å². The molecule has 0 spiro atoms. The smallest absolute Gasteiger partial charge is 0.278 e. The molecule has 0 fully saturated rings. The maximum absolute atomic E-state index is 14.4. The summed E-state index contributed by atoms with van der Waals surface area (Å²) < 4.78 is 71.1. The van der Waals surface area contributed by atoms with Gasteiger partial charge in [-0.15, -0.1) is 0 Å². The summed E-state index contributed by atoms with van der Waals surface area (Å²) in [5.41, 5.74) is 3.90. The Bertz CT molecular complexity index is 4940. The van der Waals surface area contributed by atoms with Crippen molar-refractivity contribution >= 4 is 17.7 Å². The fourth-order valence-corrected chi connectivity index (χ4v) is 13.3. The number of amides is 3. The first-order valence-corrected chi connectivity index (χ1v) is 33.1. The Balaban J connectivity index is 0.000000132. The number of benzene rings is 7. The summed E-state index contributed by atoms with van der Waals surface area (Å²) in [5, 5.41) is 26.7. The molecule has 6 bridgehead atoms. The van der Waals surface area contributed by atoms with E-state index in [4.69, 9.17) is 18.9 Å². The zero-order chi connectivity index (χ0) is 71.3. The minimum absolute atomic E-state index is 0.0118. The van der Waals surface area contributed by atoms with Crippen molar-refractivity contribution in [3.8, 4) is 34.5 Å². The Morgan fingerprint density at radius 2 is 0.699 bits per heavy atom. The number of ether oxygens (including phenoxy) is 4. The molecule has 3 atom stereocenters. The zero-order valence-electron chi connectivity index (χ0n) is 55.1. The first-order chi connectivity index (χ1) is 50.2. The van der Waals surface area contributed by atoms with Gasteiger partial charge in [0.05, 0.1) is 0 Å². The maximum atomic E-state index is 14.4. The molecular weight excluding hydrogens is 1320 g/mol. The van der Waals surface area contributed by atoms with E-state index in [1.54, 1.807) is 64.4 Å². The van der Waals surface area contributed by atoms with E-state index in [9.17, 15) is 52.2 Å². The van der Waals surface area contributed by atoms with Crippen LogP contribution in [0.15, 0.2) is 264 Å². The summed E-state index contributed by atoms with van der Waals surface area (Å²) in [4.78, 5) is 82.3. The Hall–Kier alpha value is -13.0. The Labute approximate surface area is 587 Å². The molecule has 3 amide bonds. The number of aromatic nitrogens is 3. The molecule has 6 aliphatic rings. The quantitative estimate of drug-likeness (QED) is 0.148. The minimum atomic E-state index is -0.631. The first-order valence-electron chi connectivity index (χ1n) is 33.1. The molecule has 0 saturated carbocycles. The number of rotatable bonds is 6. The maximum Gasteiger partial charge on any atom is 0.278 e. The summed E-state index contributed by atoms with van der Waals surface area (Å²) in [5.74, 6) is -2.54. The standard InChI is InChI=1S/C31H26FN3O4.2C24H20FN3O4/c32-24-13-14-25-27(19-24)38-18-8-7-16-33-21-35(28(25)23-11-5-2-6-12-23)34-17-15-26(36)30(29(34)31(33)37)39-20-22-9-3-1-4-10-22;2*25-17-8-9-18-20(14-17)32-13-5-4-11-26-15-28(21(18)16-6-2-1-3-7-16)27-12-10-19(29)23(30)22(27)24(26)31/h1-15,17,19,28H,16,18,20-21H2;2*1-10,12,14,21,30H,11,13,15H2/b8-7-;2*5-4-/t;2*21-/m.10/s1. The van der Waals surface area contributed by atoms with Crippen LogP contribution in [0.1, 0.15) is 88.5 Å². The van der Waals surface area contributed by atoms with Gasteiger partial charge in [-0.3, -0.25) is 57.8 Å². The van der Waals surface area contributed by atoms with Crippen LogP contribution in [-0.4, -0.2) is 116 Å². The minimum Gasteiger partial charge on any atom is -0.502 e. The van der Waals surface area contributed by atoms with Crippen molar-refractivity contribution in [1.29, 1.82) is 0 Å². The van der Waals surface area contributed by atoms with Crippen molar-refractivity contribution in [2.24, 2.45) is 0 Å². The van der Waals surface area contributed by atoms with Crippen LogP contribution in [-0.2, 0) is 6.61 Å². The normalized spacial score (nSPS) is 18.2. The Morgan fingerprint density at radius 3 is 1.06 bits per heavy atom. The van der Waals surface area contributed by atoms with Gasteiger partial charge in [-0.25, -0.2) is 13.2 Å². The molecule has 0 aliphatic carbocycles. The van der Waals surface area contributed by atoms with Gasteiger partial charge in [0.25, 0.3) is 17.7 Å². The number of carbonyl (C=O) groups is 3. The molecule has 520 valence electrons. The molecule has 1 unspecified atom stereocenters. The van der Waals surface area contributed by atoms with Gasteiger partial charge in [0.2, 0.25) is 16.3 Å². The lowest BCUT2D eigenvalue weighted by molar-refractivity contribution is 0.0692. The molecule has 16 rings (SSSR count). The lowest BCUT2D eigenvalue weighted by atomic mass is 9.97. The number of pyridine rings is 3. The van der Waals surface area contributed by atoms with Crippen LogP contribution in [0, 0.1) is 17.5 Å². The Kier molecular flexibility index (Phi) is 19.2. The SMILES string of the molecule is O=C1c2c(O)c(=O)ccn2N2CN1C/C=C\COc1cc(F)ccc1[C@@H]2c1ccccc1.O=C1c2c(O)c(=O)ccn2N2CN1C/C=C\COc1cc(F)ccc1[C@H]2c1ccccc1.O=C1c2c(OCc3ccccc3)c(=O)ccn2N2CN1C/C=C\COc1cc(F)ccc1C2c1ccccc1. The van der Waals surface area contributed by atoms with Gasteiger partial charge in [-0.2, -0.15) is 0 Å². The number of hydrogen-bond acceptors (Lipinski definition) is 15. The molecule has 21 nitrogen and oxygen atoms in total. The highest BCUT2D eigenvalue weighted by Crippen LogP contribution is 2.42. The van der Waals surface area contributed by atoms with Crippen molar-refractivity contribution in [2.75, 3.05) is 74.5 Å². The molecule has 6 aliphatic heterocycles. The topological polar surface area (TPSA) is 214 Å². The number of fused-ring (bicyclic) bond motifs is 15. The van der Waals surface area contributed by atoms with E-state index in [1.165, 1.54) is 86.1 Å². The van der Waals surface area contributed by atoms with Crippen molar-refractivity contribution in [2.45, 2.75) is 24.7 Å². The summed E-state index contributed by atoms with van der Waals surface area (Å²) in [6.45, 7) is 2.14. The van der Waals surface area contributed by atoms with E-state index in [-0.39, 0.29) is 93.7 Å². The lowest BCUT2D eigenvalue weighted by Gasteiger charge is -2.44. The van der Waals surface area contributed by atoms with E-state index >= 15 is 0 Å². The number of aromatic hydroxyl groups is 2. The highest BCUT2D eigenvalue weighted by atomic mass is 19.1. The average Bonchev–Trinajstić information content (AvgIpc) is 1.24. The van der Waals surface area contributed by atoms with Gasteiger partial charge < -0.3 is 43.9 Å². The third-order valence-corrected chi connectivity index (χ3v) is 18.1. The van der Waals surface area contributed by atoms with Gasteiger partial charge in [-0.05, 0) is 76.9 Å². The predicted molar refractivity (Wildman–Crippen MR) is 377 cm³/mol. The van der Waals surface area contributed by atoms with Gasteiger partial charge in [0.1, 0.15) is 99.3 Å². The highest BCUT2D eigenvalue weighted by Gasteiger charge is 2.41. The van der Waals surface area contributed by atoms with Crippen LogP contribution in [0.5, 0.6) is 34.5 Å². The number of hydrogen-bond donors (Lipinski definition) is 2. The summed E-state index contributed by atoms with van der Waals surface area (Å²) in [6, 6.07) is 53.9. The molecule has 10 aromatic rings. The molecular formula is C79H66F3N9O12. The molecule has 2 N–H and O–H groups in total. The van der Waals surface area contributed by atoms with E-state index in [2.05, 4.69) is 0 Å². The molecule has 24 heteroatoms. The van der Waals surface area contributed by atoms with Crippen molar-refractivity contribution in [3.05, 3.63) is 353 Å². The van der Waals surface area contributed by atoms with Crippen LogP contribution in [0.25, 0.3) is 0 Å². The van der Waals surface area contributed by atoms with E-state index in [0.29, 0.717) is 34.9 Å². The highest BCUT2D eigenvalue weighted by molar-refractivity contribution is 5.98. The van der Waals surface area contributed by atoms with Crippen LogP contribution >= 0.6 is 0 Å². The molecule has 7 aromatic carbocycles. The Morgan fingerprint density at radius 1 is 0.379 bits per heavy atom. The molecule has 3 aromatic heterocycles. The number of halogens is 3. The fraction of sp³-hybridized carbons (Fsp3) is 0.165. The third kappa shape index (κ3) is 13.7. The zero-order valence-corrected chi connectivity index (χ0v) is 55.1. The second-order valence-electron chi connectivity index (χ2n) is 24.6. The fourth-order valence-electron chi connectivity index (χ4n) is 13.3. The first kappa shape index (κ1) is 67.2. The average molecular weight is 1390 g/mol. The van der Waals surface area contributed by atoms with Gasteiger partial charge in [0.15, 0.2) is 34.3 Å². The van der Waals surface area contributed by atoms with Crippen LogP contribution in [0.3, 0.4) is 0 Å². The van der Waals surface area contributed by atoms with Crippen LogP contribution in [0.4, 0.5) is 13.2 Å². The van der Waals surface area contributed by atoms with Gasteiger partial charge in [0, 0.05) is 91.3 Å². The summed E-state index contributed by atoms with van der Waals surface area (Å²) >= 11 is 0. The summed E-state index contributed by atoms with van der Waals surface area (Å²) in [7, 11) is 0. The second kappa shape index (κ2) is 29.4. The van der Waals surface area contributed by atoms with E-state index in [0.717, 1.165) is 27.8 Å². The number of nitrogens with zero attached hydrogens (tertiary/aromatic N) is 9. The lowest BCUT2D eigenvalue weighted by Crippen LogP contribution is -2.55. The second-order valence-corrected chi connectivity index (χ2v) is 24.6. The molecule has 9 heterocycles. The summed E-state index contributed by atoms with van der Waals surface area (Å²) in [6.07, 6.45) is 15.2. The van der Waals surface area contributed by atoms with Crippen molar-refractivity contribution in [3.63, 3.8) is 0 Å². The molecule has 0 radical (unpaired) electrons. The largest absolute Gasteiger partial charge is 0.502 e. The van der Waals surface area contributed by atoms with Crippen LogP contribution < -0.4 is 50.3 Å². The monoisotopic (exact) mass is 1390 g/mol. The van der Waals surface area contributed by atoms with Gasteiger partial charge >= 0.3 is 0 Å².